The number of pyridine rings is 3. The maximum atomic E-state index is 14.7. The highest BCUT2D eigenvalue weighted by Crippen LogP contribution is 2.30. The summed E-state index contributed by atoms with van der Waals surface area (Å²) in [6, 6.07) is 13.2. The van der Waals surface area contributed by atoms with Crippen LogP contribution in [0.3, 0.4) is 0 Å². The van der Waals surface area contributed by atoms with Gasteiger partial charge >= 0.3 is 0 Å². The molecular formula is C30H29F2N5O5S. The summed E-state index contributed by atoms with van der Waals surface area (Å²) in [7, 11) is -4.51. The minimum atomic E-state index is -4.51. The first-order valence-corrected chi connectivity index (χ1v) is 15.4. The van der Waals surface area contributed by atoms with Crippen molar-refractivity contribution in [1.29, 1.82) is 0 Å². The van der Waals surface area contributed by atoms with Crippen LogP contribution in [0.25, 0.3) is 22.3 Å². The van der Waals surface area contributed by atoms with Crippen molar-refractivity contribution in [1.82, 2.24) is 20.3 Å². The molecule has 0 bridgehead atoms. The Morgan fingerprint density at radius 3 is 2.84 bits per heavy atom. The molecule has 1 N–H and O–H groups in total. The molecule has 224 valence electrons. The molecule has 4 aromatic rings. The van der Waals surface area contributed by atoms with E-state index >= 15 is 0 Å². The lowest BCUT2D eigenvalue weighted by Gasteiger charge is -2.18. The molecule has 0 radical (unpaired) electrons. The number of nitrogens with zero attached hydrogens (tertiary/aromatic N) is 4. The number of anilines is 1. The lowest BCUT2D eigenvalue weighted by molar-refractivity contribution is 0.0787. The minimum absolute atomic E-state index is 0.0370. The number of benzene rings is 1. The van der Waals surface area contributed by atoms with Crippen LogP contribution < -0.4 is 10.2 Å². The van der Waals surface area contributed by atoms with Gasteiger partial charge in [-0.25, -0.2) is 27.2 Å². The summed E-state index contributed by atoms with van der Waals surface area (Å²) in [5, 5.41) is 3.41. The average Bonchev–Trinajstić information content (AvgIpc) is 3.44. The van der Waals surface area contributed by atoms with Crippen LogP contribution in [0.2, 0.25) is 0 Å². The Bertz CT molecular complexity index is 1810. The standard InChI is InChI=1S/C30H29F2N5O5S/c1-2-42-21-8-9-37(15-21)29-5-3-4-24(36-29)25-7-6-18-13-33-20(12-26(18)35-25)14-34-30(38)19-10-23(31)22-16-41-17-28(32)43(39,40)27(22)11-19/h3-7,10-13,21,28H,2,8-9,14-17H2,1H3,(H,34,38)/t21-,28-/m1/s1. The molecule has 1 amide bonds. The third-order valence-electron chi connectivity index (χ3n) is 7.48. The van der Waals surface area contributed by atoms with Gasteiger partial charge in [0.1, 0.15) is 11.6 Å². The van der Waals surface area contributed by atoms with Gasteiger partial charge in [-0.1, -0.05) is 6.07 Å². The van der Waals surface area contributed by atoms with Gasteiger partial charge in [0.25, 0.3) is 5.91 Å². The first-order valence-electron chi connectivity index (χ1n) is 13.9. The van der Waals surface area contributed by atoms with E-state index in [0.29, 0.717) is 29.2 Å². The predicted molar refractivity (Wildman–Crippen MR) is 154 cm³/mol. The van der Waals surface area contributed by atoms with Gasteiger partial charge in [-0.05, 0) is 55.8 Å². The minimum Gasteiger partial charge on any atom is -0.377 e. The van der Waals surface area contributed by atoms with Crippen molar-refractivity contribution in [2.45, 2.75) is 43.0 Å². The van der Waals surface area contributed by atoms with E-state index in [1.807, 2.05) is 37.3 Å². The highest BCUT2D eigenvalue weighted by molar-refractivity contribution is 7.92. The molecule has 2 aliphatic heterocycles. The number of fused-ring (bicyclic) bond motifs is 2. The number of hydrogen-bond acceptors (Lipinski definition) is 9. The SMILES string of the molecule is CCO[C@@H]1CCN(c2cccc(-c3ccc4cnc(CNC(=O)c5cc(F)c6c(c5)S(=O)(=O)[C@@H](F)COC6)cc4n3)n2)C1. The molecular weight excluding hydrogens is 580 g/mol. The molecule has 2 aliphatic rings. The van der Waals surface area contributed by atoms with Crippen molar-refractivity contribution >= 4 is 32.5 Å². The van der Waals surface area contributed by atoms with Crippen molar-refractivity contribution < 1.29 is 31.5 Å². The zero-order valence-electron chi connectivity index (χ0n) is 23.3. The van der Waals surface area contributed by atoms with E-state index in [2.05, 4.69) is 15.2 Å². The number of hydrogen-bond donors (Lipinski definition) is 1. The first-order chi connectivity index (χ1) is 20.7. The normalized spacial score (nSPS) is 19.7. The maximum Gasteiger partial charge on any atom is 0.251 e. The second kappa shape index (κ2) is 11.9. The molecule has 1 saturated heterocycles. The Kier molecular flexibility index (Phi) is 8.03. The van der Waals surface area contributed by atoms with E-state index in [4.69, 9.17) is 19.4 Å². The zero-order chi connectivity index (χ0) is 30.1. The number of carbonyl (C=O) groups is 1. The summed E-state index contributed by atoms with van der Waals surface area (Å²) >= 11 is 0. The molecule has 43 heavy (non-hydrogen) atoms. The number of carbonyl (C=O) groups excluding carboxylic acids is 1. The summed E-state index contributed by atoms with van der Waals surface area (Å²) in [5.74, 6) is -0.843. The van der Waals surface area contributed by atoms with Crippen LogP contribution in [0.1, 0.15) is 35.0 Å². The van der Waals surface area contributed by atoms with Crippen LogP contribution in [-0.2, 0) is 32.5 Å². The number of rotatable bonds is 7. The van der Waals surface area contributed by atoms with E-state index in [9.17, 15) is 22.0 Å². The van der Waals surface area contributed by atoms with Crippen LogP contribution in [0.5, 0.6) is 0 Å². The van der Waals surface area contributed by atoms with Gasteiger partial charge < -0.3 is 19.7 Å². The van der Waals surface area contributed by atoms with Crippen molar-refractivity contribution in [3.05, 3.63) is 77.4 Å². The molecule has 0 saturated carbocycles. The van der Waals surface area contributed by atoms with E-state index in [1.165, 1.54) is 0 Å². The number of alkyl halides is 1. The van der Waals surface area contributed by atoms with Crippen LogP contribution in [0.15, 0.2) is 59.6 Å². The van der Waals surface area contributed by atoms with Gasteiger partial charge in [-0.15, -0.1) is 0 Å². The molecule has 6 rings (SSSR count). The van der Waals surface area contributed by atoms with Gasteiger partial charge in [0.15, 0.2) is 0 Å². The number of amides is 1. The summed E-state index contributed by atoms with van der Waals surface area (Å²) in [5.41, 5.74) is -0.406. The number of halogens is 2. The average molecular weight is 610 g/mol. The zero-order valence-corrected chi connectivity index (χ0v) is 24.1. The molecule has 10 nitrogen and oxygen atoms in total. The van der Waals surface area contributed by atoms with Gasteiger partial charge in [0.2, 0.25) is 15.3 Å². The molecule has 0 aliphatic carbocycles. The van der Waals surface area contributed by atoms with Gasteiger partial charge in [0.05, 0.1) is 53.4 Å². The highest BCUT2D eigenvalue weighted by atomic mass is 32.2. The van der Waals surface area contributed by atoms with Crippen LogP contribution in [0.4, 0.5) is 14.6 Å². The fourth-order valence-corrected chi connectivity index (χ4v) is 6.58. The molecule has 1 aromatic carbocycles. The van der Waals surface area contributed by atoms with E-state index in [1.54, 1.807) is 12.3 Å². The molecule has 3 aromatic heterocycles. The molecule has 2 atom stereocenters. The fraction of sp³-hybridized carbons (Fsp3) is 0.333. The molecule has 0 spiro atoms. The van der Waals surface area contributed by atoms with E-state index in [-0.39, 0.29) is 23.8 Å². The van der Waals surface area contributed by atoms with Gasteiger partial charge in [-0.2, -0.15) is 0 Å². The summed E-state index contributed by atoms with van der Waals surface area (Å²) in [6.07, 6.45) is 2.78. The topological polar surface area (TPSA) is 124 Å². The number of aromatic nitrogens is 3. The second-order valence-electron chi connectivity index (χ2n) is 10.3. The lowest BCUT2D eigenvalue weighted by Crippen LogP contribution is -2.25. The summed E-state index contributed by atoms with van der Waals surface area (Å²) in [4.78, 5) is 28.5. The maximum absolute atomic E-state index is 14.7. The number of nitrogens with one attached hydrogen (secondary N) is 1. The Morgan fingerprint density at radius 2 is 2.00 bits per heavy atom. The predicted octanol–water partition coefficient (Wildman–Crippen LogP) is 3.98. The third-order valence-corrected chi connectivity index (χ3v) is 9.27. The van der Waals surface area contributed by atoms with Crippen molar-refractivity contribution in [2.75, 3.05) is 31.2 Å². The molecule has 1 fully saturated rings. The van der Waals surface area contributed by atoms with E-state index < -0.39 is 45.2 Å². The number of ether oxygens (including phenoxy) is 2. The Balaban J connectivity index is 1.19. The van der Waals surface area contributed by atoms with Crippen LogP contribution in [-0.4, -0.2) is 67.2 Å². The molecule has 5 heterocycles. The van der Waals surface area contributed by atoms with E-state index in [0.717, 1.165) is 42.8 Å². The molecule has 0 unspecified atom stereocenters. The smallest absolute Gasteiger partial charge is 0.251 e. The third kappa shape index (κ3) is 5.92. The van der Waals surface area contributed by atoms with Crippen molar-refractivity contribution in [3.8, 4) is 11.4 Å². The Hall–Kier alpha value is -4.07. The quantitative estimate of drug-likeness (QED) is 0.332. The second-order valence-corrected chi connectivity index (χ2v) is 12.4. The van der Waals surface area contributed by atoms with Crippen molar-refractivity contribution in [2.24, 2.45) is 0 Å². The summed E-state index contributed by atoms with van der Waals surface area (Å²) in [6.45, 7) is 3.17. The van der Waals surface area contributed by atoms with Gasteiger partial charge in [0, 0.05) is 42.4 Å². The van der Waals surface area contributed by atoms with Gasteiger partial charge in [-0.3, -0.25) is 9.78 Å². The highest BCUT2D eigenvalue weighted by Gasteiger charge is 2.35. The lowest BCUT2D eigenvalue weighted by atomic mass is 10.1. The summed E-state index contributed by atoms with van der Waals surface area (Å²) < 4.78 is 64.7. The monoisotopic (exact) mass is 609 g/mol. The van der Waals surface area contributed by atoms with Crippen LogP contribution in [0, 0.1) is 5.82 Å². The fourth-order valence-electron chi connectivity index (χ4n) is 5.24. The Morgan fingerprint density at radius 1 is 1.16 bits per heavy atom. The number of sulfone groups is 1. The van der Waals surface area contributed by atoms with Crippen LogP contribution >= 0.6 is 0 Å². The Labute approximate surface area is 247 Å². The largest absolute Gasteiger partial charge is 0.377 e. The first kappa shape index (κ1) is 29.0. The van der Waals surface area contributed by atoms with Crippen molar-refractivity contribution in [3.63, 3.8) is 0 Å². The molecule has 13 heteroatoms.